The number of halogens is 1. The van der Waals surface area contributed by atoms with Crippen LogP contribution in [0.15, 0.2) is 18.2 Å². The number of nitrogens with zero attached hydrogens (tertiary/aromatic N) is 4. The van der Waals surface area contributed by atoms with Crippen LogP contribution in [0.3, 0.4) is 0 Å². The van der Waals surface area contributed by atoms with Gasteiger partial charge in [-0.05, 0) is 6.07 Å². The largest absolute Gasteiger partial charge is 0.381 e. The summed E-state index contributed by atoms with van der Waals surface area (Å²) in [6.45, 7) is 5.84. The zero-order chi connectivity index (χ0) is 15.1. The van der Waals surface area contributed by atoms with E-state index in [4.69, 9.17) is 17.3 Å². The number of non-ortho nitro benzene ring substituents is 1. The van der Waals surface area contributed by atoms with E-state index in [1.807, 2.05) is 20.8 Å². The molecule has 0 saturated carbocycles. The quantitative estimate of drug-likeness (QED) is 0.678. The fourth-order valence-electron chi connectivity index (χ4n) is 1.94. The fraction of sp³-hybridized carbons (Fsp3) is 0.333. The first-order valence-corrected chi connectivity index (χ1v) is 6.25. The summed E-state index contributed by atoms with van der Waals surface area (Å²) in [5, 5.41) is 19.0. The van der Waals surface area contributed by atoms with Crippen LogP contribution < -0.4 is 5.73 Å². The standard InChI is InChI=1S/C12H14ClN5O2/c1-12(2,3)10-11(14)15-16-17(10)9-6-7(18(19)20)4-5-8(9)13/h4-6H,14H2,1-3H3. The van der Waals surface area contributed by atoms with Crippen LogP contribution in [-0.4, -0.2) is 19.9 Å². The van der Waals surface area contributed by atoms with Gasteiger partial charge in [-0.15, -0.1) is 5.10 Å². The summed E-state index contributed by atoms with van der Waals surface area (Å²) < 4.78 is 1.45. The third-order valence-electron chi connectivity index (χ3n) is 2.78. The molecule has 0 saturated heterocycles. The molecule has 0 spiro atoms. The maximum atomic E-state index is 10.9. The second-order valence-corrected chi connectivity index (χ2v) is 5.79. The maximum absolute atomic E-state index is 10.9. The van der Waals surface area contributed by atoms with Gasteiger partial charge in [0.25, 0.3) is 5.69 Å². The molecule has 1 heterocycles. The molecule has 0 bridgehead atoms. The van der Waals surface area contributed by atoms with Gasteiger partial charge in [-0.1, -0.05) is 37.6 Å². The van der Waals surface area contributed by atoms with Crippen molar-refractivity contribution in [2.45, 2.75) is 26.2 Å². The first-order chi connectivity index (χ1) is 9.21. The normalized spacial score (nSPS) is 11.6. The third kappa shape index (κ3) is 2.44. The lowest BCUT2D eigenvalue weighted by Crippen LogP contribution is -2.19. The van der Waals surface area contributed by atoms with Gasteiger partial charge in [0, 0.05) is 17.5 Å². The van der Waals surface area contributed by atoms with Crippen LogP contribution in [0.4, 0.5) is 11.5 Å². The first-order valence-electron chi connectivity index (χ1n) is 5.88. The lowest BCUT2D eigenvalue weighted by atomic mass is 9.91. The average molecular weight is 296 g/mol. The van der Waals surface area contributed by atoms with Crippen molar-refractivity contribution in [3.05, 3.63) is 39.0 Å². The Bertz CT molecular complexity index is 675. The summed E-state index contributed by atoms with van der Waals surface area (Å²) in [6.07, 6.45) is 0. The number of rotatable bonds is 2. The van der Waals surface area contributed by atoms with E-state index in [-0.39, 0.29) is 16.9 Å². The van der Waals surface area contributed by atoms with E-state index in [0.717, 1.165) is 0 Å². The average Bonchev–Trinajstić information content (AvgIpc) is 2.71. The van der Waals surface area contributed by atoms with Gasteiger partial charge >= 0.3 is 0 Å². The van der Waals surface area contributed by atoms with Crippen molar-refractivity contribution >= 4 is 23.1 Å². The second-order valence-electron chi connectivity index (χ2n) is 5.38. The number of nitro benzene ring substituents is 1. The minimum Gasteiger partial charge on any atom is -0.381 e. The molecule has 0 aliphatic rings. The molecule has 2 N–H and O–H groups in total. The molecule has 0 aliphatic heterocycles. The van der Waals surface area contributed by atoms with E-state index in [1.165, 1.54) is 22.9 Å². The lowest BCUT2D eigenvalue weighted by molar-refractivity contribution is -0.384. The number of aromatic nitrogens is 3. The third-order valence-corrected chi connectivity index (χ3v) is 3.10. The summed E-state index contributed by atoms with van der Waals surface area (Å²) in [5.74, 6) is 0.278. The molecule has 0 atom stereocenters. The molecular formula is C12H14ClN5O2. The van der Waals surface area contributed by atoms with Crippen LogP contribution in [0.1, 0.15) is 26.5 Å². The Morgan fingerprint density at radius 3 is 2.60 bits per heavy atom. The molecule has 8 heteroatoms. The number of nitro groups is 1. The molecule has 0 amide bonds. The number of nitrogens with two attached hydrogens (primary N) is 1. The highest BCUT2D eigenvalue weighted by atomic mass is 35.5. The Balaban J connectivity index is 2.69. The van der Waals surface area contributed by atoms with Crippen molar-refractivity contribution in [1.29, 1.82) is 0 Å². The number of nitrogen functional groups attached to an aromatic ring is 1. The number of hydrogen-bond acceptors (Lipinski definition) is 5. The molecule has 106 valence electrons. The van der Waals surface area contributed by atoms with Crippen LogP contribution in [0.2, 0.25) is 5.02 Å². The molecule has 2 aromatic rings. The Morgan fingerprint density at radius 2 is 2.05 bits per heavy atom. The number of anilines is 1. The smallest absolute Gasteiger partial charge is 0.271 e. The van der Waals surface area contributed by atoms with Gasteiger partial charge in [-0.3, -0.25) is 10.1 Å². The Labute approximate surface area is 120 Å². The monoisotopic (exact) mass is 295 g/mol. The molecule has 0 radical (unpaired) electrons. The van der Waals surface area contributed by atoms with Crippen LogP contribution in [-0.2, 0) is 5.41 Å². The molecule has 0 unspecified atom stereocenters. The SMILES string of the molecule is CC(C)(C)c1c(N)nnn1-c1cc([N+](=O)[O-])ccc1Cl. The zero-order valence-electron chi connectivity index (χ0n) is 11.3. The Hall–Kier alpha value is -2.15. The van der Waals surface area contributed by atoms with Gasteiger partial charge in [-0.25, -0.2) is 4.68 Å². The van der Waals surface area contributed by atoms with Gasteiger partial charge in [0.1, 0.15) is 0 Å². The summed E-state index contributed by atoms with van der Waals surface area (Å²) in [4.78, 5) is 10.4. The topological polar surface area (TPSA) is 99.9 Å². The van der Waals surface area contributed by atoms with Crippen LogP contribution in [0.25, 0.3) is 5.69 Å². The molecule has 0 fully saturated rings. The molecule has 1 aromatic carbocycles. The molecular weight excluding hydrogens is 282 g/mol. The second kappa shape index (κ2) is 4.75. The van der Waals surface area contributed by atoms with E-state index in [0.29, 0.717) is 16.4 Å². The molecule has 1 aromatic heterocycles. The fourth-order valence-corrected chi connectivity index (χ4v) is 2.14. The van der Waals surface area contributed by atoms with Crippen molar-refractivity contribution in [3.63, 3.8) is 0 Å². The predicted octanol–water partition coefficient (Wildman–Crippen LogP) is 2.71. The van der Waals surface area contributed by atoms with E-state index < -0.39 is 4.92 Å². The van der Waals surface area contributed by atoms with Gasteiger partial charge in [0.05, 0.1) is 21.3 Å². The van der Waals surface area contributed by atoms with E-state index in [2.05, 4.69) is 10.3 Å². The zero-order valence-corrected chi connectivity index (χ0v) is 12.0. The number of hydrogen-bond donors (Lipinski definition) is 1. The highest BCUT2D eigenvalue weighted by Crippen LogP contribution is 2.32. The maximum Gasteiger partial charge on any atom is 0.271 e. The van der Waals surface area contributed by atoms with Crippen molar-refractivity contribution in [2.75, 3.05) is 5.73 Å². The van der Waals surface area contributed by atoms with Crippen LogP contribution >= 0.6 is 11.6 Å². The van der Waals surface area contributed by atoms with E-state index in [1.54, 1.807) is 0 Å². The highest BCUT2D eigenvalue weighted by Gasteiger charge is 2.26. The summed E-state index contributed by atoms with van der Waals surface area (Å²) in [7, 11) is 0. The molecule has 20 heavy (non-hydrogen) atoms. The van der Waals surface area contributed by atoms with E-state index in [9.17, 15) is 10.1 Å². The minimum absolute atomic E-state index is 0.0710. The highest BCUT2D eigenvalue weighted by molar-refractivity contribution is 6.32. The van der Waals surface area contributed by atoms with Crippen LogP contribution in [0, 0.1) is 10.1 Å². The van der Waals surface area contributed by atoms with Gasteiger partial charge < -0.3 is 5.73 Å². The predicted molar refractivity (Wildman–Crippen MR) is 76.1 cm³/mol. The summed E-state index contributed by atoms with van der Waals surface area (Å²) in [5.41, 5.74) is 6.48. The Morgan fingerprint density at radius 1 is 1.40 bits per heavy atom. The first kappa shape index (κ1) is 14.3. The Kier molecular flexibility index (Phi) is 3.39. The van der Waals surface area contributed by atoms with Crippen molar-refractivity contribution < 1.29 is 4.92 Å². The molecule has 2 rings (SSSR count). The lowest BCUT2D eigenvalue weighted by Gasteiger charge is -2.20. The van der Waals surface area contributed by atoms with Gasteiger partial charge in [0.15, 0.2) is 5.82 Å². The summed E-state index contributed by atoms with van der Waals surface area (Å²) in [6, 6.07) is 4.15. The van der Waals surface area contributed by atoms with Crippen molar-refractivity contribution in [1.82, 2.24) is 15.0 Å². The van der Waals surface area contributed by atoms with E-state index >= 15 is 0 Å². The minimum atomic E-state index is -0.489. The summed E-state index contributed by atoms with van der Waals surface area (Å²) >= 11 is 6.11. The molecule has 7 nitrogen and oxygen atoms in total. The van der Waals surface area contributed by atoms with Crippen LogP contribution in [0.5, 0.6) is 0 Å². The van der Waals surface area contributed by atoms with Gasteiger partial charge in [0.2, 0.25) is 0 Å². The number of benzene rings is 1. The van der Waals surface area contributed by atoms with Crippen molar-refractivity contribution in [2.24, 2.45) is 0 Å². The van der Waals surface area contributed by atoms with Gasteiger partial charge in [-0.2, -0.15) is 0 Å². The van der Waals surface area contributed by atoms with Crippen molar-refractivity contribution in [3.8, 4) is 5.69 Å². The molecule has 0 aliphatic carbocycles.